The normalized spacial score (nSPS) is 14.7. The minimum Gasteiger partial charge on any atom is -0.338 e. The van der Waals surface area contributed by atoms with Gasteiger partial charge in [-0.3, -0.25) is 9.48 Å². The predicted molar refractivity (Wildman–Crippen MR) is 93.0 cm³/mol. The molecule has 124 valence electrons. The van der Waals surface area contributed by atoms with E-state index in [2.05, 4.69) is 5.10 Å². The van der Waals surface area contributed by atoms with Gasteiger partial charge in [0.05, 0.1) is 17.1 Å². The van der Waals surface area contributed by atoms with Crippen LogP contribution in [-0.4, -0.2) is 33.7 Å². The van der Waals surface area contributed by atoms with Crippen molar-refractivity contribution in [3.05, 3.63) is 52.3 Å². The number of aromatic nitrogens is 2. The number of carbonyl (C=O) groups is 1. The minimum atomic E-state index is -0.241. The van der Waals surface area contributed by atoms with Crippen LogP contribution in [0.3, 0.4) is 0 Å². The number of hydrogen-bond donors (Lipinski definition) is 0. The second-order valence-electron chi connectivity index (χ2n) is 6.20. The Kier molecular flexibility index (Phi) is 3.84. The van der Waals surface area contributed by atoms with E-state index in [1.165, 1.54) is 23.5 Å². The van der Waals surface area contributed by atoms with Crippen LogP contribution in [-0.2, 0) is 6.54 Å². The van der Waals surface area contributed by atoms with E-state index in [1.54, 1.807) is 12.1 Å². The van der Waals surface area contributed by atoms with Gasteiger partial charge in [-0.25, -0.2) is 4.39 Å². The van der Waals surface area contributed by atoms with Gasteiger partial charge in [0.15, 0.2) is 0 Å². The van der Waals surface area contributed by atoms with Crippen molar-refractivity contribution in [1.82, 2.24) is 14.7 Å². The third kappa shape index (κ3) is 2.71. The number of aryl methyl sites for hydroxylation is 1. The van der Waals surface area contributed by atoms with Gasteiger partial charge < -0.3 is 4.90 Å². The lowest BCUT2D eigenvalue weighted by atomic mass is 10.2. The monoisotopic (exact) mass is 343 g/mol. The van der Waals surface area contributed by atoms with Crippen LogP contribution in [0.2, 0.25) is 0 Å². The zero-order valence-corrected chi connectivity index (χ0v) is 14.3. The third-order valence-corrected chi connectivity index (χ3v) is 5.59. The van der Waals surface area contributed by atoms with Crippen molar-refractivity contribution in [3.63, 3.8) is 0 Å². The number of nitrogens with zero attached hydrogens (tertiary/aromatic N) is 3. The Morgan fingerprint density at radius 1 is 1.25 bits per heavy atom. The zero-order chi connectivity index (χ0) is 16.7. The van der Waals surface area contributed by atoms with Crippen molar-refractivity contribution >= 4 is 27.5 Å². The van der Waals surface area contributed by atoms with Crippen LogP contribution < -0.4 is 0 Å². The molecule has 0 saturated carbocycles. The standard InChI is InChI=1S/C18H18FN3OS/c1-12-15-10-16(17(23)21-8-2-3-9-21)24-18(15)22(20-12)11-13-4-6-14(19)7-5-13/h4-7,10H,2-3,8-9,11H2,1H3. The molecule has 0 bridgehead atoms. The Bertz CT molecular complexity index is 891. The molecule has 0 radical (unpaired) electrons. The fraction of sp³-hybridized carbons (Fsp3) is 0.333. The average Bonchev–Trinajstić information content (AvgIpc) is 3.29. The molecule has 6 heteroatoms. The Labute approximate surface area is 143 Å². The van der Waals surface area contributed by atoms with Crippen molar-refractivity contribution < 1.29 is 9.18 Å². The first kappa shape index (κ1) is 15.3. The molecule has 0 N–H and O–H groups in total. The fourth-order valence-corrected chi connectivity index (χ4v) is 4.29. The molecule has 1 aromatic carbocycles. The smallest absolute Gasteiger partial charge is 0.264 e. The second-order valence-corrected chi connectivity index (χ2v) is 7.23. The molecule has 0 atom stereocenters. The molecular weight excluding hydrogens is 325 g/mol. The number of benzene rings is 1. The summed E-state index contributed by atoms with van der Waals surface area (Å²) in [7, 11) is 0. The second kappa shape index (κ2) is 6.02. The SMILES string of the molecule is Cc1nn(Cc2ccc(F)cc2)c2sc(C(=O)N3CCCC3)cc12. The Morgan fingerprint density at radius 3 is 2.67 bits per heavy atom. The molecule has 0 aliphatic carbocycles. The van der Waals surface area contributed by atoms with Gasteiger partial charge in [-0.05, 0) is 43.5 Å². The summed E-state index contributed by atoms with van der Waals surface area (Å²) in [5.74, 6) is -0.114. The molecular formula is C18H18FN3OS. The van der Waals surface area contributed by atoms with E-state index in [0.29, 0.717) is 6.54 Å². The lowest BCUT2D eigenvalue weighted by Gasteiger charge is -2.13. The van der Waals surface area contributed by atoms with E-state index in [-0.39, 0.29) is 11.7 Å². The average molecular weight is 343 g/mol. The predicted octanol–water partition coefficient (Wildman–Crippen LogP) is 3.83. The van der Waals surface area contributed by atoms with Gasteiger partial charge in [0.25, 0.3) is 5.91 Å². The first-order valence-electron chi connectivity index (χ1n) is 8.12. The maximum Gasteiger partial charge on any atom is 0.264 e. The molecule has 4 rings (SSSR count). The fourth-order valence-electron chi connectivity index (χ4n) is 3.16. The van der Waals surface area contributed by atoms with Crippen LogP contribution in [0.5, 0.6) is 0 Å². The van der Waals surface area contributed by atoms with Gasteiger partial charge in [-0.1, -0.05) is 12.1 Å². The number of amides is 1. The van der Waals surface area contributed by atoms with Gasteiger partial charge in [0.1, 0.15) is 10.6 Å². The number of halogens is 1. The number of fused-ring (bicyclic) bond motifs is 1. The maximum atomic E-state index is 13.1. The molecule has 3 aromatic rings. The number of likely N-dealkylation sites (tertiary alicyclic amines) is 1. The van der Waals surface area contributed by atoms with Crippen LogP contribution >= 0.6 is 11.3 Å². The molecule has 4 nitrogen and oxygen atoms in total. The molecule has 1 aliphatic rings. The highest BCUT2D eigenvalue weighted by atomic mass is 32.1. The zero-order valence-electron chi connectivity index (χ0n) is 13.5. The van der Waals surface area contributed by atoms with E-state index in [4.69, 9.17) is 0 Å². The summed E-state index contributed by atoms with van der Waals surface area (Å²) in [6.45, 7) is 4.24. The van der Waals surface area contributed by atoms with Crippen molar-refractivity contribution in [2.75, 3.05) is 13.1 Å². The molecule has 24 heavy (non-hydrogen) atoms. The number of hydrogen-bond acceptors (Lipinski definition) is 3. The highest BCUT2D eigenvalue weighted by Crippen LogP contribution is 2.30. The summed E-state index contributed by atoms with van der Waals surface area (Å²) in [6.07, 6.45) is 2.18. The Balaban J connectivity index is 1.66. The van der Waals surface area contributed by atoms with Crippen LogP contribution in [0.25, 0.3) is 10.2 Å². The first-order chi connectivity index (χ1) is 11.6. The number of carbonyl (C=O) groups excluding carboxylic acids is 1. The molecule has 1 fully saturated rings. The van der Waals surface area contributed by atoms with Crippen molar-refractivity contribution in [1.29, 1.82) is 0 Å². The molecule has 0 unspecified atom stereocenters. The first-order valence-corrected chi connectivity index (χ1v) is 8.94. The van der Waals surface area contributed by atoms with Gasteiger partial charge in [-0.2, -0.15) is 5.10 Å². The lowest BCUT2D eigenvalue weighted by molar-refractivity contribution is 0.0797. The molecule has 0 spiro atoms. The summed E-state index contributed by atoms with van der Waals surface area (Å²) in [6, 6.07) is 8.41. The van der Waals surface area contributed by atoms with Gasteiger partial charge in [0, 0.05) is 18.5 Å². The molecule has 2 aromatic heterocycles. The number of thiophene rings is 1. The van der Waals surface area contributed by atoms with E-state index in [9.17, 15) is 9.18 Å². The van der Waals surface area contributed by atoms with E-state index in [0.717, 1.165) is 52.3 Å². The lowest BCUT2D eigenvalue weighted by Crippen LogP contribution is -2.26. The minimum absolute atomic E-state index is 0.126. The van der Waals surface area contributed by atoms with Crippen molar-refractivity contribution in [2.24, 2.45) is 0 Å². The summed E-state index contributed by atoms with van der Waals surface area (Å²) in [4.78, 5) is 16.3. The van der Waals surface area contributed by atoms with Crippen LogP contribution in [0.15, 0.2) is 30.3 Å². The van der Waals surface area contributed by atoms with Gasteiger partial charge >= 0.3 is 0 Å². The van der Waals surface area contributed by atoms with E-state index >= 15 is 0 Å². The molecule has 3 heterocycles. The molecule has 1 amide bonds. The highest BCUT2D eigenvalue weighted by molar-refractivity contribution is 7.20. The molecule has 1 saturated heterocycles. The van der Waals surface area contributed by atoms with Crippen LogP contribution in [0, 0.1) is 12.7 Å². The van der Waals surface area contributed by atoms with E-state index in [1.807, 2.05) is 22.6 Å². The third-order valence-electron chi connectivity index (χ3n) is 4.46. The highest BCUT2D eigenvalue weighted by Gasteiger charge is 2.23. The summed E-state index contributed by atoms with van der Waals surface area (Å²) >= 11 is 1.50. The van der Waals surface area contributed by atoms with Gasteiger partial charge in [0.2, 0.25) is 0 Å². The van der Waals surface area contributed by atoms with Crippen LogP contribution in [0.1, 0.15) is 33.8 Å². The Hall–Kier alpha value is -2.21. The summed E-state index contributed by atoms with van der Waals surface area (Å²) < 4.78 is 15.0. The quantitative estimate of drug-likeness (QED) is 0.725. The number of rotatable bonds is 3. The van der Waals surface area contributed by atoms with Crippen LogP contribution in [0.4, 0.5) is 4.39 Å². The van der Waals surface area contributed by atoms with E-state index < -0.39 is 0 Å². The molecule has 1 aliphatic heterocycles. The van der Waals surface area contributed by atoms with Crippen molar-refractivity contribution in [3.8, 4) is 0 Å². The maximum absolute atomic E-state index is 13.1. The Morgan fingerprint density at radius 2 is 1.96 bits per heavy atom. The largest absolute Gasteiger partial charge is 0.338 e. The summed E-state index contributed by atoms with van der Waals surface area (Å²) in [5, 5.41) is 5.61. The summed E-state index contributed by atoms with van der Waals surface area (Å²) in [5.41, 5.74) is 1.91. The van der Waals surface area contributed by atoms with Crippen molar-refractivity contribution in [2.45, 2.75) is 26.3 Å². The van der Waals surface area contributed by atoms with Gasteiger partial charge in [-0.15, -0.1) is 11.3 Å². The topological polar surface area (TPSA) is 38.1 Å².